The maximum absolute atomic E-state index is 12.6. The molecule has 1 aromatic rings. The molecule has 1 saturated carbocycles. The smallest absolute Gasteiger partial charge is 0.171 e. The number of aryl methyl sites for hydroxylation is 1. The van der Waals surface area contributed by atoms with Crippen molar-refractivity contribution in [3.8, 4) is 0 Å². The molecule has 0 nitrogen and oxygen atoms in total. The topological polar surface area (TPSA) is 0 Å². The molecule has 0 spiro atoms. The zero-order chi connectivity index (χ0) is 11.6. The van der Waals surface area contributed by atoms with Gasteiger partial charge in [-0.1, -0.05) is 30.3 Å². The molecule has 1 fully saturated rings. The van der Waals surface area contributed by atoms with Gasteiger partial charge in [-0.15, -0.1) is 0 Å². The van der Waals surface area contributed by atoms with Gasteiger partial charge in [-0.25, -0.2) is 0 Å². The Morgan fingerprint density at radius 2 is 1.69 bits per heavy atom. The van der Waals surface area contributed by atoms with Gasteiger partial charge >= 0.3 is 6.18 Å². The zero-order valence-corrected chi connectivity index (χ0v) is 9.06. The number of rotatable bonds is 4. The van der Waals surface area contributed by atoms with Crippen LogP contribution in [0, 0.1) is 5.41 Å². The molecule has 0 unspecified atom stereocenters. The Morgan fingerprint density at radius 1 is 1.06 bits per heavy atom. The van der Waals surface area contributed by atoms with Gasteiger partial charge in [-0.05, 0) is 37.7 Å². The van der Waals surface area contributed by atoms with Gasteiger partial charge in [-0.3, -0.25) is 0 Å². The molecule has 0 saturated heterocycles. The third kappa shape index (κ3) is 2.39. The molecule has 1 aliphatic rings. The van der Waals surface area contributed by atoms with Gasteiger partial charge in [0.15, 0.2) is 0 Å². The lowest BCUT2D eigenvalue weighted by atomic mass is 9.96. The van der Waals surface area contributed by atoms with Crippen molar-refractivity contribution in [2.24, 2.45) is 5.41 Å². The summed E-state index contributed by atoms with van der Waals surface area (Å²) in [6, 6.07) is 9.69. The van der Waals surface area contributed by atoms with E-state index in [2.05, 4.69) is 0 Å². The van der Waals surface area contributed by atoms with Crippen LogP contribution >= 0.6 is 0 Å². The average molecular weight is 228 g/mol. The van der Waals surface area contributed by atoms with Gasteiger partial charge in [0.1, 0.15) is 0 Å². The van der Waals surface area contributed by atoms with E-state index in [-0.39, 0.29) is 6.42 Å². The largest absolute Gasteiger partial charge is 0.394 e. The Labute approximate surface area is 93.5 Å². The lowest BCUT2D eigenvalue weighted by Gasteiger charge is -2.18. The highest BCUT2D eigenvalue weighted by atomic mass is 19.4. The Hall–Kier alpha value is -0.990. The highest BCUT2D eigenvalue weighted by Gasteiger charge is 2.62. The fourth-order valence-electron chi connectivity index (χ4n) is 2.10. The second-order valence-electron chi connectivity index (χ2n) is 4.62. The number of hydrogen-bond acceptors (Lipinski definition) is 0. The minimum atomic E-state index is -4.00. The van der Waals surface area contributed by atoms with Crippen molar-refractivity contribution in [2.45, 2.75) is 38.3 Å². The minimum absolute atomic E-state index is 0.283. The summed E-state index contributed by atoms with van der Waals surface area (Å²) in [5.41, 5.74) is -0.206. The van der Waals surface area contributed by atoms with Gasteiger partial charge in [0.25, 0.3) is 0 Å². The highest BCUT2D eigenvalue weighted by Crippen LogP contribution is 2.60. The van der Waals surface area contributed by atoms with Crippen molar-refractivity contribution in [1.82, 2.24) is 0 Å². The van der Waals surface area contributed by atoms with Gasteiger partial charge in [0.05, 0.1) is 5.41 Å². The number of hydrogen-bond donors (Lipinski definition) is 0. The van der Waals surface area contributed by atoms with E-state index in [9.17, 15) is 13.2 Å². The molecule has 88 valence electrons. The normalized spacial score (nSPS) is 18.4. The molecule has 2 rings (SSSR count). The Bertz CT molecular complexity index is 336. The summed E-state index contributed by atoms with van der Waals surface area (Å²) in [6.07, 6.45) is -1.69. The molecule has 1 aromatic carbocycles. The van der Waals surface area contributed by atoms with Crippen LogP contribution in [0.15, 0.2) is 30.3 Å². The van der Waals surface area contributed by atoms with E-state index in [0.29, 0.717) is 19.3 Å². The molecule has 0 amide bonds. The van der Waals surface area contributed by atoms with Crippen molar-refractivity contribution in [3.05, 3.63) is 35.9 Å². The first-order valence-corrected chi connectivity index (χ1v) is 5.64. The summed E-state index contributed by atoms with van der Waals surface area (Å²) in [6.45, 7) is 0. The second kappa shape index (κ2) is 4.11. The molecule has 3 heteroatoms. The predicted octanol–water partition coefficient (Wildman–Crippen LogP) is 4.35. The van der Waals surface area contributed by atoms with E-state index >= 15 is 0 Å². The van der Waals surface area contributed by atoms with E-state index in [1.54, 1.807) is 0 Å². The first kappa shape index (κ1) is 11.5. The monoisotopic (exact) mass is 228 g/mol. The third-order valence-corrected chi connectivity index (χ3v) is 3.42. The molecule has 0 aliphatic heterocycles. The van der Waals surface area contributed by atoms with Crippen molar-refractivity contribution in [2.75, 3.05) is 0 Å². The summed E-state index contributed by atoms with van der Waals surface area (Å²) in [5.74, 6) is 0. The maximum atomic E-state index is 12.6. The second-order valence-corrected chi connectivity index (χ2v) is 4.62. The first-order valence-electron chi connectivity index (χ1n) is 5.64. The zero-order valence-electron chi connectivity index (χ0n) is 9.06. The molecule has 0 aromatic heterocycles. The summed E-state index contributed by atoms with van der Waals surface area (Å²) >= 11 is 0. The van der Waals surface area contributed by atoms with Crippen LogP contribution in [-0.2, 0) is 6.42 Å². The summed E-state index contributed by atoms with van der Waals surface area (Å²) in [4.78, 5) is 0. The van der Waals surface area contributed by atoms with E-state index in [1.807, 2.05) is 30.3 Å². The van der Waals surface area contributed by atoms with Crippen LogP contribution in [0.1, 0.15) is 31.2 Å². The van der Waals surface area contributed by atoms with Crippen molar-refractivity contribution in [1.29, 1.82) is 0 Å². The average Bonchev–Trinajstić information content (AvgIpc) is 3.00. The van der Waals surface area contributed by atoms with E-state index in [0.717, 1.165) is 12.0 Å². The first-order chi connectivity index (χ1) is 7.54. The van der Waals surface area contributed by atoms with Gasteiger partial charge < -0.3 is 0 Å². The third-order valence-electron chi connectivity index (χ3n) is 3.42. The Morgan fingerprint density at radius 3 is 2.19 bits per heavy atom. The lowest BCUT2D eigenvalue weighted by Crippen LogP contribution is -2.24. The van der Waals surface area contributed by atoms with Crippen molar-refractivity contribution in [3.63, 3.8) is 0 Å². The van der Waals surface area contributed by atoms with Crippen LogP contribution in [0.2, 0.25) is 0 Å². The Kier molecular flexibility index (Phi) is 2.96. The quantitative estimate of drug-likeness (QED) is 0.718. The van der Waals surface area contributed by atoms with Crippen molar-refractivity contribution < 1.29 is 13.2 Å². The summed E-state index contributed by atoms with van der Waals surface area (Å²) < 4.78 is 37.9. The highest BCUT2D eigenvalue weighted by molar-refractivity contribution is 5.14. The molecule has 0 N–H and O–H groups in total. The molecular weight excluding hydrogens is 213 g/mol. The molecular formula is C13H15F3. The van der Waals surface area contributed by atoms with Crippen molar-refractivity contribution >= 4 is 0 Å². The van der Waals surface area contributed by atoms with E-state index < -0.39 is 11.6 Å². The van der Waals surface area contributed by atoms with Gasteiger partial charge in [0, 0.05) is 0 Å². The molecule has 1 aliphatic carbocycles. The molecule has 0 atom stereocenters. The fraction of sp³-hybridized carbons (Fsp3) is 0.538. The minimum Gasteiger partial charge on any atom is -0.171 e. The standard InChI is InChI=1S/C13H15F3/c14-13(15,16)12(9-10-12)8-4-7-11-5-2-1-3-6-11/h1-3,5-6H,4,7-10H2. The molecule has 16 heavy (non-hydrogen) atoms. The van der Waals surface area contributed by atoms with Gasteiger partial charge in [-0.2, -0.15) is 13.2 Å². The predicted molar refractivity (Wildman–Crippen MR) is 57.1 cm³/mol. The molecule has 0 radical (unpaired) electrons. The van der Waals surface area contributed by atoms with Crippen LogP contribution in [-0.4, -0.2) is 6.18 Å². The van der Waals surface area contributed by atoms with Crippen LogP contribution < -0.4 is 0 Å². The fourth-order valence-corrected chi connectivity index (χ4v) is 2.10. The summed E-state index contributed by atoms with van der Waals surface area (Å²) in [5, 5.41) is 0. The number of halogens is 3. The van der Waals surface area contributed by atoms with Crippen LogP contribution in [0.5, 0.6) is 0 Å². The number of alkyl halides is 3. The molecule has 0 heterocycles. The summed E-state index contributed by atoms with van der Waals surface area (Å²) in [7, 11) is 0. The lowest BCUT2D eigenvalue weighted by molar-refractivity contribution is -0.189. The van der Waals surface area contributed by atoms with Crippen LogP contribution in [0.4, 0.5) is 13.2 Å². The SMILES string of the molecule is FC(F)(F)C1(CCCc2ccccc2)CC1. The van der Waals surface area contributed by atoms with Gasteiger partial charge in [0.2, 0.25) is 0 Å². The molecule has 0 bridgehead atoms. The van der Waals surface area contributed by atoms with E-state index in [1.165, 1.54) is 0 Å². The maximum Gasteiger partial charge on any atom is 0.394 e. The van der Waals surface area contributed by atoms with E-state index in [4.69, 9.17) is 0 Å². The van der Waals surface area contributed by atoms with Crippen LogP contribution in [0.3, 0.4) is 0 Å². The Balaban J connectivity index is 1.81. The number of benzene rings is 1. The van der Waals surface area contributed by atoms with Crippen LogP contribution in [0.25, 0.3) is 0 Å².